The molecule has 0 amide bonds. The van der Waals surface area contributed by atoms with Gasteiger partial charge in [0.1, 0.15) is 5.82 Å². The molecule has 4 heteroatoms. The van der Waals surface area contributed by atoms with E-state index in [0.717, 1.165) is 12.2 Å². The summed E-state index contributed by atoms with van der Waals surface area (Å²) in [5.74, 6) is -0.373. The summed E-state index contributed by atoms with van der Waals surface area (Å²) < 4.78 is 14.8. The molecule has 0 fully saturated rings. The lowest BCUT2D eigenvalue weighted by molar-refractivity contribution is 0.628. The minimum absolute atomic E-state index is 0.171. The third-order valence-electron chi connectivity index (χ3n) is 1.75. The molecule has 1 aromatic rings. The predicted octanol–water partition coefficient (Wildman–Crippen LogP) is 3.46. The first kappa shape index (κ1) is 8.91. The van der Waals surface area contributed by atoms with Crippen LogP contribution in [0.1, 0.15) is 0 Å². The van der Waals surface area contributed by atoms with Crippen LogP contribution in [-0.4, -0.2) is 6.54 Å². The van der Waals surface area contributed by atoms with E-state index in [9.17, 15) is 4.39 Å². The van der Waals surface area contributed by atoms with Crippen LogP contribution < -0.4 is 4.31 Å². The maximum absolute atomic E-state index is 12.8. The summed E-state index contributed by atoms with van der Waals surface area (Å²) in [6.07, 6.45) is 2.04. The highest BCUT2D eigenvalue weighted by molar-refractivity contribution is 8.03. The number of benzene rings is 1. The van der Waals surface area contributed by atoms with Crippen LogP contribution in [0.3, 0.4) is 0 Å². The van der Waals surface area contributed by atoms with E-state index in [2.05, 4.69) is 0 Å². The van der Waals surface area contributed by atoms with Crippen molar-refractivity contribution in [1.29, 1.82) is 0 Å². The predicted molar refractivity (Wildman–Crippen MR) is 55.5 cm³/mol. The highest BCUT2D eigenvalue weighted by Crippen LogP contribution is 2.29. The number of hydrogen-bond donors (Lipinski definition) is 0. The molecule has 0 unspecified atom stereocenters. The number of nitrogens with zero attached hydrogens (tertiary/aromatic N) is 1. The van der Waals surface area contributed by atoms with E-state index < -0.39 is 0 Å². The SMILES string of the molecule is Fc1ccc(N2CC=CS2)cc1Cl. The maximum atomic E-state index is 12.8. The summed E-state index contributed by atoms with van der Waals surface area (Å²) in [7, 11) is 0. The average molecular weight is 216 g/mol. The van der Waals surface area contributed by atoms with Crippen molar-refractivity contribution >= 4 is 29.2 Å². The second kappa shape index (κ2) is 3.60. The second-order valence-electron chi connectivity index (χ2n) is 2.64. The van der Waals surface area contributed by atoms with E-state index in [1.807, 2.05) is 15.8 Å². The van der Waals surface area contributed by atoms with Crippen molar-refractivity contribution in [3.05, 3.63) is 40.5 Å². The Kier molecular flexibility index (Phi) is 2.47. The summed E-state index contributed by atoms with van der Waals surface area (Å²) in [5, 5.41) is 2.17. The smallest absolute Gasteiger partial charge is 0.141 e. The third kappa shape index (κ3) is 1.81. The molecule has 0 radical (unpaired) electrons. The quantitative estimate of drug-likeness (QED) is 0.660. The van der Waals surface area contributed by atoms with Crippen LogP contribution in [0, 0.1) is 5.82 Å². The van der Waals surface area contributed by atoms with Crippen molar-refractivity contribution < 1.29 is 4.39 Å². The number of rotatable bonds is 1. The Labute approximate surface area is 85.3 Å². The Morgan fingerprint density at radius 3 is 2.92 bits per heavy atom. The maximum Gasteiger partial charge on any atom is 0.141 e. The van der Waals surface area contributed by atoms with Crippen molar-refractivity contribution in [2.45, 2.75) is 0 Å². The van der Waals surface area contributed by atoms with E-state index in [0.29, 0.717) is 0 Å². The van der Waals surface area contributed by atoms with Gasteiger partial charge in [0.25, 0.3) is 0 Å². The van der Waals surface area contributed by atoms with Crippen LogP contribution >= 0.6 is 23.5 Å². The zero-order valence-corrected chi connectivity index (χ0v) is 8.28. The molecule has 0 bridgehead atoms. The van der Waals surface area contributed by atoms with Crippen LogP contribution in [-0.2, 0) is 0 Å². The van der Waals surface area contributed by atoms with Crippen LogP contribution in [0.2, 0.25) is 5.02 Å². The molecule has 1 nitrogen and oxygen atoms in total. The van der Waals surface area contributed by atoms with Crippen molar-refractivity contribution in [1.82, 2.24) is 0 Å². The first-order valence-electron chi connectivity index (χ1n) is 3.82. The van der Waals surface area contributed by atoms with Gasteiger partial charge in [0.05, 0.1) is 5.02 Å². The lowest BCUT2D eigenvalue weighted by atomic mass is 10.3. The fourth-order valence-electron chi connectivity index (χ4n) is 1.10. The third-order valence-corrected chi connectivity index (χ3v) is 2.96. The van der Waals surface area contributed by atoms with Crippen LogP contribution in [0.15, 0.2) is 29.7 Å². The molecule has 13 heavy (non-hydrogen) atoms. The van der Waals surface area contributed by atoms with E-state index in [1.165, 1.54) is 6.07 Å². The highest BCUT2D eigenvalue weighted by atomic mass is 35.5. The molecule has 1 aliphatic rings. The van der Waals surface area contributed by atoms with E-state index >= 15 is 0 Å². The average Bonchev–Trinajstić information content (AvgIpc) is 2.62. The number of halogens is 2. The van der Waals surface area contributed by atoms with Crippen LogP contribution in [0.4, 0.5) is 10.1 Å². The Morgan fingerprint density at radius 1 is 1.46 bits per heavy atom. The Hall–Kier alpha value is -0.670. The summed E-state index contributed by atoms with van der Waals surface area (Å²) >= 11 is 7.24. The molecular formula is C9H7ClFNS. The minimum Gasteiger partial charge on any atom is -0.309 e. The molecule has 2 rings (SSSR count). The Morgan fingerprint density at radius 2 is 2.31 bits per heavy atom. The lowest BCUT2D eigenvalue weighted by Crippen LogP contribution is -2.08. The van der Waals surface area contributed by atoms with Gasteiger partial charge in [0.15, 0.2) is 0 Å². The molecule has 0 aliphatic carbocycles. The Bertz CT molecular complexity index is 345. The molecule has 68 valence electrons. The topological polar surface area (TPSA) is 3.24 Å². The van der Waals surface area contributed by atoms with E-state index in [1.54, 1.807) is 24.1 Å². The van der Waals surface area contributed by atoms with Gasteiger partial charge >= 0.3 is 0 Å². The van der Waals surface area contributed by atoms with Gasteiger partial charge in [-0.1, -0.05) is 17.7 Å². The molecule has 0 spiro atoms. The summed E-state index contributed by atoms with van der Waals surface area (Å²) in [6.45, 7) is 0.840. The minimum atomic E-state index is -0.373. The van der Waals surface area contributed by atoms with Crippen molar-refractivity contribution in [2.75, 3.05) is 10.8 Å². The number of hydrogen-bond acceptors (Lipinski definition) is 2. The van der Waals surface area contributed by atoms with Crippen molar-refractivity contribution in [3.63, 3.8) is 0 Å². The van der Waals surface area contributed by atoms with Gasteiger partial charge in [0.2, 0.25) is 0 Å². The molecule has 1 aliphatic heterocycles. The van der Waals surface area contributed by atoms with Gasteiger partial charge in [-0.3, -0.25) is 0 Å². The zero-order valence-electron chi connectivity index (χ0n) is 6.71. The molecule has 1 heterocycles. The van der Waals surface area contributed by atoms with Crippen LogP contribution in [0.5, 0.6) is 0 Å². The number of anilines is 1. The molecule has 0 saturated carbocycles. The summed E-state index contributed by atoms with van der Waals surface area (Å²) in [6, 6.07) is 4.74. The van der Waals surface area contributed by atoms with Gasteiger partial charge in [0, 0.05) is 12.2 Å². The van der Waals surface area contributed by atoms with Gasteiger partial charge in [-0.2, -0.15) is 0 Å². The lowest BCUT2D eigenvalue weighted by Gasteiger charge is -2.15. The first-order valence-corrected chi connectivity index (χ1v) is 5.03. The normalized spacial score (nSPS) is 15.4. The standard InChI is InChI=1S/C9H7ClFNS/c10-8-6-7(2-3-9(8)11)12-4-1-5-13-12/h1-3,5-6H,4H2. The van der Waals surface area contributed by atoms with Crippen molar-refractivity contribution in [3.8, 4) is 0 Å². The molecule has 0 atom stereocenters. The summed E-state index contributed by atoms with van der Waals surface area (Å²) in [4.78, 5) is 0. The fraction of sp³-hybridized carbons (Fsp3) is 0.111. The first-order chi connectivity index (χ1) is 6.27. The van der Waals surface area contributed by atoms with E-state index in [4.69, 9.17) is 11.6 Å². The van der Waals surface area contributed by atoms with E-state index in [-0.39, 0.29) is 10.8 Å². The fourth-order valence-corrected chi connectivity index (χ4v) is 2.01. The van der Waals surface area contributed by atoms with Gasteiger partial charge in [-0.05, 0) is 35.6 Å². The highest BCUT2D eigenvalue weighted by Gasteiger charge is 2.10. The van der Waals surface area contributed by atoms with Crippen LogP contribution in [0.25, 0.3) is 0 Å². The monoisotopic (exact) mass is 215 g/mol. The van der Waals surface area contributed by atoms with Crippen molar-refractivity contribution in [2.24, 2.45) is 0 Å². The largest absolute Gasteiger partial charge is 0.309 e. The molecule has 0 saturated heterocycles. The van der Waals surface area contributed by atoms with Gasteiger partial charge in [-0.15, -0.1) is 0 Å². The summed E-state index contributed by atoms with van der Waals surface area (Å²) in [5.41, 5.74) is 0.932. The molecule has 0 aromatic heterocycles. The zero-order chi connectivity index (χ0) is 9.26. The molecule has 0 N–H and O–H groups in total. The van der Waals surface area contributed by atoms with Gasteiger partial charge in [-0.25, -0.2) is 4.39 Å². The molecule has 1 aromatic carbocycles. The Balaban J connectivity index is 2.26. The van der Waals surface area contributed by atoms with Gasteiger partial charge < -0.3 is 4.31 Å². The second-order valence-corrected chi connectivity index (χ2v) is 3.97. The molecular weight excluding hydrogens is 209 g/mol.